The van der Waals surface area contributed by atoms with Crippen LogP contribution in [0.2, 0.25) is 0 Å². The first kappa shape index (κ1) is 9.31. The summed E-state index contributed by atoms with van der Waals surface area (Å²) in [5.74, 6) is -0.316. The Labute approximate surface area is 67.1 Å². The number of alkyl halides is 3. The maximum absolute atomic E-state index is 11.6. The monoisotopic (exact) mass is 183 g/mol. The Morgan fingerprint density at radius 1 is 1.58 bits per heavy atom. The number of carbonyl (C=O) groups excluding carboxylic acids is 1. The number of amides is 1. The zero-order valence-electron chi connectivity index (χ0n) is 6.39. The van der Waals surface area contributed by atoms with Gasteiger partial charge >= 0.3 is 6.36 Å². The van der Waals surface area contributed by atoms with Crippen LogP contribution in [0.3, 0.4) is 0 Å². The molecule has 1 aliphatic rings. The molecule has 1 unspecified atom stereocenters. The van der Waals surface area contributed by atoms with E-state index in [2.05, 4.69) is 4.74 Å². The molecule has 0 bridgehead atoms. The average molecular weight is 183 g/mol. The van der Waals surface area contributed by atoms with Gasteiger partial charge in [-0.05, 0) is 0 Å². The Balaban J connectivity index is 2.50. The number of hydrogen-bond acceptors (Lipinski definition) is 2. The molecule has 0 aliphatic carbocycles. The Bertz CT molecular complexity index is 192. The van der Waals surface area contributed by atoms with Gasteiger partial charge in [0.2, 0.25) is 5.91 Å². The van der Waals surface area contributed by atoms with Crippen molar-refractivity contribution in [2.24, 2.45) is 0 Å². The maximum Gasteiger partial charge on any atom is 0.524 e. The molecule has 0 N–H and O–H groups in total. The molecule has 0 saturated carbocycles. The minimum absolute atomic E-state index is 0.106. The Kier molecular flexibility index (Phi) is 2.27. The number of hydrogen-bond donors (Lipinski definition) is 0. The molecule has 1 heterocycles. The van der Waals surface area contributed by atoms with E-state index < -0.39 is 12.6 Å². The summed E-state index contributed by atoms with van der Waals surface area (Å²) in [4.78, 5) is 11.7. The largest absolute Gasteiger partial charge is 0.524 e. The summed E-state index contributed by atoms with van der Waals surface area (Å²) in [6.07, 6.45) is -5.58. The molecule has 0 spiro atoms. The summed E-state index contributed by atoms with van der Waals surface area (Å²) in [5, 5.41) is 0. The standard InChI is InChI=1S/C6H8F3NO2/c1-10-4(11)2-3-5(10)12-6(7,8)9/h5H,2-3H2,1H3. The number of nitrogens with zero attached hydrogens (tertiary/aromatic N) is 1. The van der Waals surface area contributed by atoms with Gasteiger partial charge in [-0.2, -0.15) is 0 Å². The van der Waals surface area contributed by atoms with Crippen LogP contribution in [0.15, 0.2) is 0 Å². The predicted octanol–water partition coefficient (Wildman–Crippen LogP) is 1.10. The molecule has 0 aromatic carbocycles. The Hall–Kier alpha value is -0.780. The molecule has 70 valence electrons. The van der Waals surface area contributed by atoms with Gasteiger partial charge in [-0.3, -0.25) is 9.53 Å². The van der Waals surface area contributed by atoms with Gasteiger partial charge in [-0.25, -0.2) is 0 Å². The fourth-order valence-corrected chi connectivity index (χ4v) is 1.07. The normalized spacial score (nSPS) is 25.2. The third-order valence-corrected chi connectivity index (χ3v) is 1.70. The minimum Gasteiger partial charge on any atom is -0.319 e. The summed E-state index contributed by atoms with van der Waals surface area (Å²) >= 11 is 0. The molecule has 0 radical (unpaired) electrons. The van der Waals surface area contributed by atoms with Crippen LogP contribution in [-0.4, -0.2) is 30.4 Å². The van der Waals surface area contributed by atoms with Gasteiger partial charge in [0.25, 0.3) is 0 Å². The molecule has 1 fully saturated rings. The van der Waals surface area contributed by atoms with Crippen molar-refractivity contribution in [1.29, 1.82) is 0 Å². The van der Waals surface area contributed by atoms with Crippen molar-refractivity contribution in [3.8, 4) is 0 Å². The van der Waals surface area contributed by atoms with Crippen LogP contribution >= 0.6 is 0 Å². The highest BCUT2D eigenvalue weighted by Gasteiger charge is 2.39. The number of ether oxygens (including phenoxy) is 1. The van der Waals surface area contributed by atoms with Crippen molar-refractivity contribution >= 4 is 5.91 Å². The third-order valence-electron chi connectivity index (χ3n) is 1.70. The number of likely N-dealkylation sites (tertiary alicyclic amines) is 1. The molecule has 1 rings (SSSR count). The average Bonchev–Trinajstić information content (AvgIpc) is 2.16. The zero-order chi connectivity index (χ0) is 9.35. The van der Waals surface area contributed by atoms with Gasteiger partial charge in [-0.1, -0.05) is 0 Å². The first-order valence-corrected chi connectivity index (χ1v) is 3.40. The SMILES string of the molecule is CN1C(=O)CCC1OC(F)(F)F. The third kappa shape index (κ3) is 2.10. The molecule has 1 atom stereocenters. The van der Waals surface area contributed by atoms with Crippen LogP contribution in [0.4, 0.5) is 13.2 Å². The van der Waals surface area contributed by atoms with E-state index in [4.69, 9.17) is 0 Å². The van der Waals surface area contributed by atoms with E-state index in [1.807, 2.05) is 0 Å². The molecule has 12 heavy (non-hydrogen) atoms. The van der Waals surface area contributed by atoms with E-state index in [-0.39, 0.29) is 18.7 Å². The smallest absolute Gasteiger partial charge is 0.319 e. The first-order valence-electron chi connectivity index (χ1n) is 3.40. The fourth-order valence-electron chi connectivity index (χ4n) is 1.07. The Morgan fingerprint density at radius 3 is 2.50 bits per heavy atom. The second kappa shape index (κ2) is 2.93. The molecule has 0 aromatic heterocycles. The quantitative estimate of drug-likeness (QED) is 0.609. The summed E-state index contributed by atoms with van der Waals surface area (Å²) < 4.78 is 38.6. The van der Waals surface area contributed by atoms with E-state index in [9.17, 15) is 18.0 Å². The number of rotatable bonds is 1. The van der Waals surface area contributed by atoms with Crippen LogP contribution in [-0.2, 0) is 9.53 Å². The molecule has 1 saturated heterocycles. The van der Waals surface area contributed by atoms with Gasteiger partial charge in [0, 0.05) is 19.9 Å². The van der Waals surface area contributed by atoms with Gasteiger partial charge in [-0.15, -0.1) is 13.2 Å². The topological polar surface area (TPSA) is 29.5 Å². The van der Waals surface area contributed by atoms with Crippen molar-refractivity contribution in [3.63, 3.8) is 0 Å². The van der Waals surface area contributed by atoms with E-state index in [0.717, 1.165) is 4.90 Å². The molecule has 1 aliphatic heterocycles. The van der Waals surface area contributed by atoms with Crippen LogP contribution < -0.4 is 0 Å². The van der Waals surface area contributed by atoms with Crippen molar-refractivity contribution < 1.29 is 22.7 Å². The van der Waals surface area contributed by atoms with Crippen molar-refractivity contribution in [3.05, 3.63) is 0 Å². The molecule has 6 heteroatoms. The van der Waals surface area contributed by atoms with Crippen LogP contribution in [0.25, 0.3) is 0 Å². The molecular formula is C6H8F3NO2. The first-order chi connectivity index (χ1) is 5.40. The highest BCUT2D eigenvalue weighted by atomic mass is 19.4. The van der Waals surface area contributed by atoms with Crippen molar-refractivity contribution in [2.45, 2.75) is 25.4 Å². The summed E-state index contributed by atoms with van der Waals surface area (Å²) in [5.41, 5.74) is 0. The van der Waals surface area contributed by atoms with Crippen LogP contribution in [0.1, 0.15) is 12.8 Å². The van der Waals surface area contributed by atoms with Crippen molar-refractivity contribution in [1.82, 2.24) is 4.90 Å². The zero-order valence-corrected chi connectivity index (χ0v) is 6.39. The maximum atomic E-state index is 11.6. The van der Waals surface area contributed by atoms with E-state index >= 15 is 0 Å². The van der Waals surface area contributed by atoms with E-state index in [1.165, 1.54) is 7.05 Å². The number of carbonyl (C=O) groups is 1. The number of halogens is 3. The Morgan fingerprint density at radius 2 is 2.17 bits per heavy atom. The van der Waals surface area contributed by atoms with E-state index in [1.54, 1.807) is 0 Å². The molecule has 0 aromatic rings. The predicted molar refractivity (Wildman–Crippen MR) is 32.9 cm³/mol. The van der Waals surface area contributed by atoms with Gasteiger partial charge in [0.05, 0.1) is 0 Å². The van der Waals surface area contributed by atoms with Gasteiger partial charge < -0.3 is 4.90 Å². The highest BCUT2D eigenvalue weighted by Crippen LogP contribution is 2.26. The molecular weight excluding hydrogens is 175 g/mol. The lowest BCUT2D eigenvalue weighted by Gasteiger charge is -2.20. The fraction of sp³-hybridized carbons (Fsp3) is 0.833. The highest BCUT2D eigenvalue weighted by molar-refractivity contribution is 5.78. The lowest BCUT2D eigenvalue weighted by atomic mass is 10.3. The van der Waals surface area contributed by atoms with Crippen LogP contribution in [0, 0.1) is 0 Å². The van der Waals surface area contributed by atoms with Gasteiger partial charge in [0.15, 0.2) is 0 Å². The summed E-state index contributed by atoms with van der Waals surface area (Å²) in [7, 11) is 1.30. The molecule has 1 amide bonds. The summed E-state index contributed by atoms with van der Waals surface area (Å²) in [6, 6.07) is 0. The second-order valence-electron chi connectivity index (χ2n) is 2.56. The van der Waals surface area contributed by atoms with Crippen molar-refractivity contribution in [2.75, 3.05) is 7.05 Å². The second-order valence-corrected chi connectivity index (χ2v) is 2.56. The molecule has 3 nitrogen and oxygen atoms in total. The van der Waals surface area contributed by atoms with E-state index in [0.29, 0.717) is 0 Å². The minimum atomic E-state index is -4.66. The van der Waals surface area contributed by atoms with Crippen LogP contribution in [0.5, 0.6) is 0 Å². The summed E-state index contributed by atoms with van der Waals surface area (Å²) in [6.45, 7) is 0. The van der Waals surface area contributed by atoms with Gasteiger partial charge in [0.1, 0.15) is 6.23 Å². The lowest BCUT2D eigenvalue weighted by Crippen LogP contribution is -2.35. The lowest BCUT2D eigenvalue weighted by molar-refractivity contribution is -0.353.